The van der Waals surface area contributed by atoms with Crippen LogP contribution in [0.2, 0.25) is 5.02 Å². The SMILES string of the molecule is N#CCCCCOc1ccc(Cl)c(F)c1. The van der Waals surface area contributed by atoms with Gasteiger partial charge >= 0.3 is 0 Å². The normalized spacial score (nSPS) is 9.67. The molecule has 0 heterocycles. The first kappa shape index (κ1) is 11.8. The number of hydrogen-bond acceptors (Lipinski definition) is 2. The van der Waals surface area contributed by atoms with Crippen LogP contribution in [0.25, 0.3) is 0 Å². The summed E-state index contributed by atoms with van der Waals surface area (Å²) in [6, 6.07) is 6.39. The van der Waals surface area contributed by atoms with Gasteiger partial charge in [-0.05, 0) is 25.0 Å². The molecule has 0 fully saturated rings. The molecule has 0 aromatic heterocycles. The van der Waals surface area contributed by atoms with Crippen LogP contribution in [0.1, 0.15) is 19.3 Å². The van der Waals surface area contributed by atoms with Gasteiger partial charge in [-0.15, -0.1) is 0 Å². The highest BCUT2D eigenvalue weighted by atomic mass is 35.5. The topological polar surface area (TPSA) is 33.0 Å². The minimum Gasteiger partial charge on any atom is -0.493 e. The maximum atomic E-state index is 13.0. The van der Waals surface area contributed by atoms with Crippen LogP contribution in [-0.2, 0) is 0 Å². The molecule has 0 aliphatic carbocycles. The fourth-order valence-corrected chi connectivity index (χ4v) is 1.18. The van der Waals surface area contributed by atoms with Gasteiger partial charge in [0.2, 0.25) is 0 Å². The first-order valence-electron chi connectivity index (χ1n) is 4.69. The monoisotopic (exact) mass is 227 g/mol. The van der Waals surface area contributed by atoms with Crippen molar-refractivity contribution < 1.29 is 9.13 Å². The molecule has 1 aromatic carbocycles. The molecule has 1 rings (SSSR count). The number of ether oxygens (including phenoxy) is 1. The number of nitriles is 1. The van der Waals surface area contributed by atoms with E-state index in [-0.39, 0.29) is 5.02 Å². The standard InChI is InChI=1S/C11H11ClFNO/c12-10-5-4-9(8-11(10)13)15-7-3-1-2-6-14/h4-5,8H,1-3,7H2. The molecule has 0 saturated heterocycles. The van der Waals surface area contributed by atoms with Crippen molar-refractivity contribution in [2.75, 3.05) is 6.61 Å². The Balaban J connectivity index is 2.32. The molecule has 4 heteroatoms. The van der Waals surface area contributed by atoms with E-state index >= 15 is 0 Å². The van der Waals surface area contributed by atoms with Crippen molar-refractivity contribution in [3.05, 3.63) is 29.0 Å². The lowest BCUT2D eigenvalue weighted by Crippen LogP contribution is -1.97. The summed E-state index contributed by atoms with van der Waals surface area (Å²) in [5, 5.41) is 8.38. The molecule has 0 bridgehead atoms. The second-order valence-corrected chi connectivity index (χ2v) is 3.45. The Morgan fingerprint density at radius 3 is 2.87 bits per heavy atom. The summed E-state index contributed by atoms with van der Waals surface area (Å²) in [6.45, 7) is 0.489. The Morgan fingerprint density at radius 1 is 1.40 bits per heavy atom. The van der Waals surface area contributed by atoms with E-state index in [4.69, 9.17) is 21.6 Å². The van der Waals surface area contributed by atoms with Gasteiger partial charge in [0.1, 0.15) is 11.6 Å². The van der Waals surface area contributed by atoms with Crippen LogP contribution >= 0.6 is 11.6 Å². The Bertz CT molecular complexity index is 362. The number of nitrogens with zero attached hydrogens (tertiary/aromatic N) is 1. The van der Waals surface area contributed by atoms with Gasteiger partial charge in [0.25, 0.3) is 0 Å². The van der Waals surface area contributed by atoms with Gasteiger partial charge in [-0.3, -0.25) is 0 Å². The first-order valence-corrected chi connectivity index (χ1v) is 5.06. The van der Waals surface area contributed by atoms with E-state index in [0.29, 0.717) is 18.8 Å². The Morgan fingerprint density at radius 2 is 2.20 bits per heavy atom. The van der Waals surface area contributed by atoms with Gasteiger partial charge in [0, 0.05) is 12.5 Å². The van der Waals surface area contributed by atoms with Crippen molar-refractivity contribution in [3.63, 3.8) is 0 Å². The number of halogens is 2. The van der Waals surface area contributed by atoms with Crippen molar-refractivity contribution in [1.29, 1.82) is 5.26 Å². The van der Waals surface area contributed by atoms with Gasteiger partial charge in [-0.1, -0.05) is 11.6 Å². The fraction of sp³-hybridized carbons (Fsp3) is 0.364. The molecule has 0 aliphatic heterocycles. The van der Waals surface area contributed by atoms with Crippen molar-refractivity contribution >= 4 is 11.6 Å². The number of benzene rings is 1. The molecule has 0 atom stereocenters. The molecular formula is C11H11ClFNO. The largest absolute Gasteiger partial charge is 0.493 e. The zero-order valence-corrected chi connectivity index (χ0v) is 8.93. The fourth-order valence-electron chi connectivity index (χ4n) is 1.06. The second-order valence-electron chi connectivity index (χ2n) is 3.04. The molecule has 0 amide bonds. The van der Waals surface area contributed by atoms with Crippen LogP contribution in [0, 0.1) is 17.1 Å². The van der Waals surface area contributed by atoms with Crippen molar-refractivity contribution in [3.8, 4) is 11.8 Å². The van der Waals surface area contributed by atoms with Crippen molar-refractivity contribution in [1.82, 2.24) is 0 Å². The Kier molecular flexibility index (Phi) is 4.92. The maximum Gasteiger partial charge on any atom is 0.145 e. The molecule has 0 aliphatic rings. The zero-order valence-electron chi connectivity index (χ0n) is 8.17. The molecule has 1 aromatic rings. The van der Waals surface area contributed by atoms with E-state index in [1.54, 1.807) is 6.07 Å². The highest BCUT2D eigenvalue weighted by Crippen LogP contribution is 2.20. The molecule has 0 spiro atoms. The van der Waals surface area contributed by atoms with E-state index in [9.17, 15) is 4.39 Å². The lowest BCUT2D eigenvalue weighted by molar-refractivity contribution is 0.306. The quantitative estimate of drug-likeness (QED) is 0.721. The zero-order chi connectivity index (χ0) is 11.1. The van der Waals surface area contributed by atoms with Gasteiger partial charge in [0.05, 0.1) is 17.7 Å². The van der Waals surface area contributed by atoms with E-state index < -0.39 is 5.82 Å². The minimum atomic E-state index is -0.480. The maximum absolute atomic E-state index is 13.0. The summed E-state index contributed by atoms with van der Waals surface area (Å²) in [6.07, 6.45) is 2.11. The number of unbranched alkanes of at least 4 members (excludes halogenated alkanes) is 2. The third-order valence-corrected chi connectivity index (χ3v) is 2.15. The van der Waals surface area contributed by atoms with E-state index in [0.717, 1.165) is 12.8 Å². The lowest BCUT2D eigenvalue weighted by atomic mass is 10.2. The van der Waals surface area contributed by atoms with Crippen LogP contribution in [-0.4, -0.2) is 6.61 Å². The minimum absolute atomic E-state index is 0.0897. The number of rotatable bonds is 5. The lowest BCUT2D eigenvalue weighted by Gasteiger charge is -2.05. The van der Waals surface area contributed by atoms with Crippen LogP contribution in [0.3, 0.4) is 0 Å². The summed E-state index contributed by atoms with van der Waals surface area (Å²) in [4.78, 5) is 0. The summed E-state index contributed by atoms with van der Waals surface area (Å²) < 4.78 is 18.2. The van der Waals surface area contributed by atoms with Gasteiger partial charge in [-0.25, -0.2) is 4.39 Å². The molecular weight excluding hydrogens is 217 g/mol. The van der Waals surface area contributed by atoms with Crippen molar-refractivity contribution in [2.45, 2.75) is 19.3 Å². The highest BCUT2D eigenvalue weighted by Gasteiger charge is 2.01. The molecule has 0 unspecified atom stereocenters. The molecule has 15 heavy (non-hydrogen) atoms. The smallest absolute Gasteiger partial charge is 0.145 e. The average Bonchev–Trinajstić information content (AvgIpc) is 2.23. The summed E-state index contributed by atoms with van der Waals surface area (Å²) in [5.74, 6) is -0.0138. The summed E-state index contributed by atoms with van der Waals surface area (Å²) in [5.41, 5.74) is 0. The Labute approximate surface area is 93.2 Å². The van der Waals surface area contributed by atoms with Crippen LogP contribution in [0.15, 0.2) is 18.2 Å². The van der Waals surface area contributed by atoms with Gasteiger partial charge in [-0.2, -0.15) is 5.26 Å². The van der Waals surface area contributed by atoms with E-state index in [1.165, 1.54) is 12.1 Å². The molecule has 0 saturated carbocycles. The Hall–Kier alpha value is -1.27. The summed E-state index contributed by atoms with van der Waals surface area (Å²) in [7, 11) is 0. The summed E-state index contributed by atoms with van der Waals surface area (Å²) >= 11 is 5.52. The van der Waals surface area contributed by atoms with E-state index in [1.807, 2.05) is 6.07 Å². The third kappa shape index (κ3) is 4.18. The molecule has 0 N–H and O–H groups in total. The second kappa shape index (κ2) is 6.26. The predicted molar refractivity (Wildman–Crippen MR) is 56.4 cm³/mol. The molecule has 2 nitrogen and oxygen atoms in total. The van der Waals surface area contributed by atoms with Gasteiger partial charge in [0.15, 0.2) is 0 Å². The van der Waals surface area contributed by atoms with Gasteiger partial charge < -0.3 is 4.74 Å². The van der Waals surface area contributed by atoms with Crippen molar-refractivity contribution in [2.24, 2.45) is 0 Å². The molecule has 0 radical (unpaired) electrons. The molecule has 80 valence electrons. The van der Waals surface area contributed by atoms with Crippen LogP contribution < -0.4 is 4.74 Å². The van der Waals surface area contributed by atoms with Crippen LogP contribution in [0.4, 0.5) is 4.39 Å². The van der Waals surface area contributed by atoms with Crippen LogP contribution in [0.5, 0.6) is 5.75 Å². The first-order chi connectivity index (χ1) is 7.24. The van der Waals surface area contributed by atoms with E-state index in [2.05, 4.69) is 0 Å². The third-order valence-electron chi connectivity index (χ3n) is 1.84. The average molecular weight is 228 g/mol. The highest BCUT2D eigenvalue weighted by molar-refractivity contribution is 6.30. The predicted octanol–water partition coefficient (Wildman–Crippen LogP) is 3.55. The number of hydrogen-bond donors (Lipinski definition) is 0.